The van der Waals surface area contributed by atoms with Crippen molar-refractivity contribution in [3.8, 4) is 6.07 Å². The Morgan fingerprint density at radius 3 is 2.95 bits per heavy atom. The van der Waals surface area contributed by atoms with Gasteiger partial charge in [-0.2, -0.15) is 10.3 Å². The molecule has 3 unspecified atom stereocenters. The summed E-state index contributed by atoms with van der Waals surface area (Å²) in [7, 11) is 0. The molecule has 0 N–H and O–H groups in total. The first-order valence-electron chi connectivity index (χ1n) is 5.68. The highest BCUT2D eigenvalue weighted by molar-refractivity contribution is 6.39. The van der Waals surface area contributed by atoms with Crippen LogP contribution in [-0.2, 0) is 23.9 Å². The molecule has 2 aliphatic rings. The molecular weight excluding hydrogens is 268 g/mol. The Morgan fingerprint density at radius 1 is 1.55 bits per heavy atom. The first kappa shape index (κ1) is 14.1. The summed E-state index contributed by atoms with van der Waals surface area (Å²) in [5.41, 5.74) is 0. The number of esters is 1. The van der Waals surface area contributed by atoms with Gasteiger partial charge >= 0.3 is 11.9 Å². The Morgan fingerprint density at radius 2 is 2.30 bits per heavy atom. The Labute approximate surface area is 114 Å². The monoisotopic (exact) mass is 278 g/mol. The molecule has 2 aliphatic heterocycles. The molecule has 0 bridgehead atoms. The molecule has 2 heterocycles. The largest absolute Gasteiger partial charge is 0.463 e. The van der Waals surface area contributed by atoms with Crippen molar-refractivity contribution in [3.05, 3.63) is 12.8 Å². The fourth-order valence-electron chi connectivity index (χ4n) is 1.60. The van der Waals surface area contributed by atoms with Crippen LogP contribution in [-0.4, -0.2) is 47.6 Å². The molecule has 1 saturated heterocycles. The quantitative estimate of drug-likeness (QED) is 0.499. The first-order chi connectivity index (χ1) is 9.52. The van der Waals surface area contributed by atoms with E-state index in [2.05, 4.69) is 10.3 Å². The number of Topliss-reactive ketones (excluding diaryl/α,β-unsaturated/α-hetero) is 1. The maximum Gasteiger partial charge on any atom is 0.317 e. The molecule has 9 heteroatoms. The lowest BCUT2D eigenvalue weighted by atomic mass is 10.2. The SMILES string of the molecule is CC(=O)OCC1[CH][CH]C(N2N=NC(C#N)C(=O)C2=O)O1. The second-order valence-corrected chi connectivity index (χ2v) is 4.00. The minimum atomic E-state index is -1.40. The van der Waals surface area contributed by atoms with E-state index in [-0.39, 0.29) is 6.61 Å². The summed E-state index contributed by atoms with van der Waals surface area (Å²) in [5.74, 6) is -2.37. The predicted octanol–water partition coefficient (Wildman–Crippen LogP) is -0.646. The zero-order valence-electron chi connectivity index (χ0n) is 10.4. The summed E-state index contributed by atoms with van der Waals surface area (Å²) in [5, 5.41) is 16.3. The van der Waals surface area contributed by atoms with Gasteiger partial charge in [0, 0.05) is 19.8 Å². The molecule has 3 atom stereocenters. The van der Waals surface area contributed by atoms with Crippen molar-refractivity contribution in [1.29, 1.82) is 5.26 Å². The van der Waals surface area contributed by atoms with Gasteiger partial charge in [0.1, 0.15) is 12.7 Å². The van der Waals surface area contributed by atoms with Gasteiger partial charge in [-0.1, -0.05) is 5.22 Å². The highest BCUT2D eigenvalue weighted by Gasteiger charge is 2.41. The summed E-state index contributed by atoms with van der Waals surface area (Å²) in [6.07, 6.45) is 1.63. The third-order valence-corrected chi connectivity index (χ3v) is 2.55. The average Bonchev–Trinajstić information content (AvgIpc) is 2.88. The predicted molar refractivity (Wildman–Crippen MR) is 60.0 cm³/mol. The molecule has 9 nitrogen and oxygen atoms in total. The van der Waals surface area contributed by atoms with Crippen LogP contribution in [0.4, 0.5) is 0 Å². The van der Waals surface area contributed by atoms with Gasteiger partial charge in [-0.3, -0.25) is 14.4 Å². The number of carbonyl (C=O) groups is 3. The van der Waals surface area contributed by atoms with Crippen molar-refractivity contribution in [1.82, 2.24) is 5.01 Å². The van der Waals surface area contributed by atoms with E-state index in [1.165, 1.54) is 13.3 Å². The van der Waals surface area contributed by atoms with Crippen LogP contribution in [0.1, 0.15) is 6.92 Å². The van der Waals surface area contributed by atoms with Crippen molar-refractivity contribution in [2.24, 2.45) is 10.3 Å². The van der Waals surface area contributed by atoms with E-state index >= 15 is 0 Å². The Bertz CT molecular complexity index is 511. The normalized spacial score (nSPS) is 29.4. The second kappa shape index (κ2) is 5.75. The summed E-state index contributed by atoms with van der Waals surface area (Å²) < 4.78 is 10.1. The molecule has 1 fully saturated rings. The molecule has 2 rings (SSSR count). The topological polar surface area (TPSA) is 121 Å². The van der Waals surface area contributed by atoms with Gasteiger partial charge in [-0.15, -0.1) is 5.11 Å². The number of rotatable bonds is 3. The third kappa shape index (κ3) is 2.80. The molecule has 0 aromatic carbocycles. The van der Waals surface area contributed by atoms with Crippen molar-refractivity contribution >= 4 is 17.7 Å². The lowest BCUT2D eigenvalue weighted by Crippen LogP contribution is -2.46. The number of carbonyl (C=O) groups excluding carboxylic acids is 3. The zero-order chi connectivity index (χ0) is 14.7. The van der Waals surface area contributed by atoms with Crippen molar-refractivity contribution in [3.63, 3.8) is 0 Å². The summed E-state index contributed by atoms with van der Waals surface area (Å²) >= 11 is 0. The summed E-state index contributed by atoms with van der Waals surface area (Å²) in [4.78, 5) is 33.9. The lowest BCUT2D eigenvalue weighted by molar-refractivity contribution is -0.159. The smallest absolute Gasteiger partial charge is 0.317 e. The molecule has 0 aliphatic carbocycles. The Hall–Kier alpha value is -2.34. The van der Waals surface area contributed by atoms with Crippen LogP contribution in [0.3, 0.4) is 0 Å². The molecule has 2 radical (unpaired) electrons. The van der Waals surface area contributed by atoms with E-state index in [0.717, 1.165) is 5.01 Å². The Balaban J connectivity index is 1.97. The molecule has 0 aromatic heterocycles. The minimum Gasteiger partial charge on any atom is -0.463 e. The maximum atomic E-state index is 11.7. The van der Waals surface area contributed by atoms with Crippen molar-refractivity contribution in [2.45, 2.75) is 25.3 Å². The van der Waals surface area contributed by atoms with Gasteiger partial charge < -0.3 is 9.47 Å². The molecule has 0 saturated carbocycles. The minimum absolute atomic E-state index is 0.00370. The second-order valence-electron chi connectivity index (χ2n) is 4.00. The maximum absolute atomic E-state index is 11.7. The average molecular weight is 278 g/mol. The number of ether oxygens (including phenoxy) is 2. The van der Waals surface area contributed by atoms with Crippen LogP contribution >= 0.6 is 0 Å². The number of ketones is 1. The van der Waals surface area contributed by atoms with E-state index in [9.17, 15) is 14.4 Å². The van der Waals surface area contributed by atoms with Gasteiger partial charge in [-0.05, 0) is 0 Å². The Kier molecular flexibility index (Phi) is 4.05. The van der Waals surface area contributed by atoms with E-state index < -0.39 is 36.0 Å². The van der Waals surface area contributed by atoms with Gasteiger partial charge in [0.05, 0.1) is 6.10 Å². The molecular formula is C11H10N4O5. The van der Waals surface area contributed by atoms with E-state index in [1.54, 1.807) is 12.5 Å². The number of hydrogen-bond acceptors (Lipinski definition) is 8. The number of amides is 1. The first-order valence-corrected chi connectivity index (χ1v) is 5.68. The molecule has 0 aromatic rings. The van der Waals surface area contributed by atoms with Gasteiger partial charge in [0.25, 0.3) is 5.78 Å². The van der Waals surface area contributed by atoms with E-state index in [1.807, 2.05) is 0 Å². The van der Waals surface area contributed by atoms with E-state index in [4.69, 9.17) is 14.7 Å². The van der Waals surface area contributed by atoms with Crippen LogP contribution in [0.5, 0.6) is 0 Å². The van der Waals surface area contributed by atoms with Crippen LogP contribution in [0.25, 0.3) is 0 Å². The number of nitriles is 1. The summed E-state index contributed by atoms with van der Waals surface area (Å²) in [6, 6.07) is 0.161. The standard InChI is InChI=1S/C11H10N4O5/c1-6(16)19-5-7-2-3-9(20-7)15-11(18)10(17)8(4-12)13-14-15/h2-3,7-9H,5H2,1H3. The lowest BCUT2D eigenvalue weighted by Gasteiger charge is -2.24. The summed E-state index contributed by atoms with van der Waals surface area (Å²) in [6.45, 7) is 1.26. The fraction of sp³-hybridized carbons (Fsp3) is 0.455. The van der Waals surface area contributed by atoms with Crippen LogP contribution in [0, 0.1) is 24.2 Å². The van der Waals surface area contributed by atoms with Crippen molar-refractivity contribution < 1.29 is 23.9 Å². The zero-order valence-corrected chi connectivity index (χ0v) is 10.4. The number of nitrogens with zero attached hydrogens (tertiary/aromatic N) is 4. The van der Waals surface area contributed by atoms with Gasteiger partial charge in [0.2, 0.25) is 6.04 Å². The molecule has 0 spiro atoms. The van der Waals surface area contributed by atoms with Crippen LogP contribution in [0.15, 0.2) is 10.3 Å². The fourth-order valence-corrected chi connectivity index (χ4v) is 1.60. The van der Waals surface area contributed by atoms with Gasteiger partial charge in [0.15, 0.2) is 6.23 Å². The van der Waals surface area contributed by atoms with Gasteiger partial charge in [-0.25, -0.2) is 0 Å². The van der Waals surface area contributed by atoms with Crippen LogP contribution in [0.2, 0.25) is 0 Å². The van der Waals surface area contributed by atoms with Crippen LogP contribution < -0.4 is 0 Å². The third-order valence-electron chi connectivity index (χ3n) is 2.55. The van der Waals surface area contributed by atoms with Crippen molar-refractivity contribution in [2.75, 3.05) is 6.61 Å². The highest BCUT2D eigenvalue weighted by Crippen LogP contribution is 2.24. The molecule has 104 valence electrons. The molecule has 20 heavy (non-hydrogen) atoms. The number of hydrogen-bond donors (Lipinski definition) is 0. The molecule has 1 amide bonds. The highest BCUT2D eigenvalue weighted by atomic mass is 16.6. The van der Waals surface area contributed by atoms with E-state index in [0.29, 0.717) is 0 Å².